The second-order valence-corrected chi connectivity index (χ2v) is 5.34. The summed E-state index contributed by atoms with van der Waals surface area (Å²) in [4.78, 5) is 0. The Morgan fingerprint density at radius 3 is 2.25 bits per heavy atom. The van der Waals surface area contributed by atoms with Crippen molar-refractivity contribution in [3.63, 3.8) is 0 Å². The number of benzene rings is 2. The fourth-order valence-electron chi connectivity index (χ4n) is 2.48. The predicted molar refractivity (Wildman–Crippen MR) is 84.3 cm³/mol. The lowest BCUT2D eigenvalue weighted by molar-refractivity contribution is 0.588. The van der Waals surface area contributed by atoms with Crippen LogP contribution >= 0.6 is 0 Å². The third-order valence-corrected chi connectivity index (χ3v) is 3.71. The van der Waals surface area contributed by atoms with Crippen molar-refractivity contribution in [3.8, 4) is 11.1 Å². The summed E-state index contributed by atoms with van der Waals surface area (Å²) in [6.07, 6.45) is 6.94. The lowest BCUT2D eigenvalue weighted by Crippen LogP contribution is -1.92. The largest absolute Gasteiger partial charge is 0.207 e. The highest BCUT2D eigenvalue weighted by Gasteiger charge is 2.05. The third-order valence-electron chi connectivity index (χ3n) is 3.71. The zero-order valence-electron chi connectivity index (χ0n) is 12.2. The maximum atomic E-state index is 14.1. The molecule has 106 valence electrons. The van der Waals surface area contributed by atoms with E-state index in [0.29, 0.717) is 0 Å². The highest BCUT2D eigenvalue weighted by Crippen LogP contribution is 2.22. The van der Waals surface area contributed by atoms with Gasteiger partial charge in [0.15, 0.2) is 0 Å². The van der Waals surface area contributed by atoms with Gasteiger partial charge in [-0.25, -0.2) is 4.39 Å². The number of hydrogen-bond donors (Lipinski definition) is 0. The van der Waals surface area contributed by atoms with Crippen LogP contribution in [0.5, 0.6) is 0 Å². The summed E-state index contributed by atoms with van der Waals surface area (Å²) in [5.41, 5.74) is 2.87. The average molecular weight is 270 g/mol. The van der Waals surface area contributed by atoms with Gasteiger partial charge in [0.25, 0.3) is 0 Å². The van der Waals surface area contributed by atoms with Crippen LogP contribution in [0.2, 0.25) is 0 Å². The zero-order chi connectivity index (χ0) is 14.2. The minimum atomic E-state index is -0.0677. The van der Waals surface area contributed by atoms with Crippen LogP contribution in [-0.4, -0.2) is 0 Å². The Hall–Kier alpha value is -1.63. The molecular formula is C19H23F. The molecule has 0 atom stereocenters. The second-order valence-electron chi connectivity index (χ2n) is 5.34. The summed E-state index contributed by atoms with van der Waals surface area (Å²) in [5.74, 6) is -0.0677. The third kappa shape index (κ3) is 4.19. The monoisotopic (exact) mass is 270 g/mol. The van der Waals surface area contributed by atoms with Gasteiger partial charge in [0.2, 0.25) is 0 Å². The van der Waals surface area contributed by atoms with Crippen LogP contribution in [0.1, 0.15) is 44.6 Å². The first-order valence-corrected chi connectivity index (χ1v) is 7.65. The van der Waals surface area contributed by atoms with Gasteiger partial charge in [0.1, 0.15) is 5.82 Å². The Kier molecular flexibility index (Phi) is 5.79. The first-order chi connectivity index (χ1) is 9.81. The van der Waals surface area contributed by atoms with Gasteiger partial charge in [-0.05, 0) is 35.6 Å². The van der Waals surface area contributed by atoms with Gasteiger partial charge >= 0.3 is 0 Å². The van der Waals surface area contributed by atoms with E-state index in [0.717, 1.165) is 29.5 Å². The number of aryl methyl sites for hydroxylation is 1. The van der Waals surface area contributed by atoms with Gasteiger partial charge in [0.05, 0.1) is 0 Å². The van der Waals surface area contributed by atoms with Crippen LogP contribution < -0.4 is 0 Å². The fourth-order valence-corrected chi connectivity index (χ4v) is 2.48. The summed E-state index contributed by atoms with van der Waals surface area (Å²) < 4.78 is 14.1. The average Bonchev–Trinajstić information content (AvgIpc) is 2.49. The number of hydrogen-bond acceptors (Lipinski definition) is 0. The molecule has 0 radical (unpaired) electrons. The van der Waals surface area contributed by atoms with Gasteiger partial charge in [-0.1, -0.05) is 75.1 Å². The zero-order valence-corrected chi connectivity index (χ0v) is 12.2. The van der Waals surface area contributed by atoms with E-state index >= 15 is 0 Å². The van der Waals surface area contributed by atoms with Crippen LogP contribution in [0.3, 0.4) is 0 Å². The van der Waals surface area contributed by atoms with E-state index in [1.165, 1.54) is 25.7 Å². The van der Waals surface area contributed by atoms with Crippen LogP contribution in [0, 0.1) is 5.82 Å². The van der Waals surface area contributed by atoms with E-state index in [1.807, 2.05) is 42.5 Å². The molecule has 0 heterocycles. The van der Waals surface area contributed by atoms with E-state index in [2.05, 4.69) is 6.92 Å². The molecule has 20 heavy (non-hydrogen) atoms. The first kappa shape index (κ1) is 14.8. The number of halogens is 1. The number of unbranched alkanes of at least 4 members (excludes halogenated alkanes) is 4. The van der Waals surface area contributed by atoms with Crippen molar-refractivity contribution in [2.24, 2.45) is 0 Å². The van der Waals surface area contributed by atoms with Crippen molar-refractivity contribution in [1.82, 2.24) is 0 Å². The molecule has 0 aliphatic rings. The molecule has 0 amide bonds. The Labute approximate surface area is 121 Å². The summed E-state index contributed by atoms with van der Waals surface area (Å²) in [6.45, 7) is 2.21. The van der Waals surface area contributed by atoms with E-state index in [-0.39, 0.29) is 5.82 Å². The standard InChI is InChI=1S/C19H23F/c1-2-3-4-5-7-12-17-13-14-18(15-19(17)20)16-10-8-6-9-11-16/h6,8-11,13-15H,2-5,7,12H2,1H3. The van der Waals surface area contributed by atoms with E-state index in [4.69, 9.17) is 0 Å². The van der Waals surface area contributed by atoms with Crippen LogP contribution in [0.4, 0.5) is 4.39 Å². The molecule has 2 rings (SSSR count). The van der Waals surface area contributed by atoms with Crippen LogP contribution in [-0.2, 0) is 6.42 Å². The normalized spacial score (nSPS) is 10.7. The van der Waals surface area contributed by atoms with Gasteiger partial charge < -0.3 is 0 Å². The Balaban J connectivity index is 1.96. The highest BCUT2D eigenvalue weighted by molar-refractivity contribution is 5.63. The molecular weight excluding hydrogens is 247 g/mol. The summed E-state index contributed by atoms with van der Waals surface area (Å²) in [6, 6.07) is 15.6. The minimum absolute atomic E-state index is 0.0677. The van der Waals surface area contributed by atoms with E-state index < -0.39 is 0 Å². The molecule has 0 saturated carbocycles. The molecule has 0 aromatic heterocycles. The summed E-state index contributed by atoms with van der Waals surface area (Å²) >= 11 is 0. The first-order valence-electron chi connectivity index (χ1n) is 7.65. The van der Waals surface area contributed by atoms with Crippen molar-refractivity contribution in [3.05, 3.63) is 59.9 Å². The van der Waals surface area contributed by atoms with Gasteiger partial charge in [-0.15, -0.1) is 0 Å². The lowest BCUT2D eigenvalue weighted by atomic mass is 10.0. The fraction of sp³-hybridized carbons (Fsp3) is 0.368. The van der Waals surface area contributed by atoms with Crippen molar-refractivity contribution in [2.45, 2.75) is 45.4 Å². The Morgan fingerprint density at radius 2 is 1.55 bits per heavy atom. The van der Waals surface area contributed by atoms with Gasteiger partial charge in [-0.2, -0.15) is 0 Å². The van der Waals surface area contributed by atoms with Crippen molar-refractivity contribution >= 4 is 0 Å². The molecule has 0 spiro atoms. The SMILES string of the molecule is CCCCCCCc1ccc(-c2ccccc2)cc1F. The molecule has 0 aliphatic carbocycles. The van der Waals surface area contributed by atoms with Crippen LogP contribution in [0.25, 0.3) is 11.1 Å². The molecule has 1 heteroatoms. The molecule has 0 nitrogen and oxygen atoms in total. The van der Waals surface area contributed by atoms with E-state index in [1.54, 1.807) is 6.07 Å². The van der Waals surface area contributed by atoms with Gasteiger partial charge in [-0.3, -0.25) is 0 Å². The lowest BCUT2D eigenvalue weighted by Gasteiger charge is -2.07. The molecule has 0 aliphatic heterocycles. The molecule has 2 aromatic carbocycles. The van der Waals surface area contributed by atoms with Crippen molar-refractivity contribution < 1.29 is 4.39 Å². The molecule has 2 aromatic rings. The second kappa shape index (κ2) is 7.84. The highest BCUT2D eigenvalue weighted by atomic mass is 19.1. The predicted octanol–water partition coefficient (Wildman–Crippen LogP) is 6.01. The van der Waals surface area contributed by atoms with Gasteiger partial charge in [0, 0.05) is 0 Å². The van der Waals surface area contributed by atoms with Crippen molar-refractivity contribution in [2.75, 3.05) is 0 Å². The minimum Gasteiger partial charge on any atom is -0.207 e. The Morgan fingerprint density at radius 1 is 0.800 bits per heavy atom. The topological polar surface area (TPSA) is 0 Å². The molecule has 0 bridgehead atoms. The molecule has 0 fully saturated rings. The van der Waals surface area contributed by atoms with E-state index in [9.17, 15) is 4.39 Å². The summed E-state index contributed by atoms with van der Waals surface area (Å²) in [5, 5.41) is 0. The van der Waals surface area contributed by atoms with Crippen LogP contribution in [0.15, 0.2) is 48.5 Å². The quantitative estimate of drug-likeness (QED) is 0.541. The Bertz CT molecular complexity index is 517. The molecule has 0 unspecified atom stereocenters. The number of rotatable bonds is 7. The molecule has 0 saturated heterocycles. The van der Waals surface area contributed by atoms with Crippen molar-refractivity contribution in [1.29, 1.82) is 0 Å². The molecule has 0 N–H and O–H groups in total. The maximum absolute atomic E-state index is 14.1. The summed E-state index contributed by atoms with van der Waals surface area (Å²) in [7, 11) is 0. The maximum Gasteiger partial charge on any atom is 0.127 e. The smallest absolute Gasteiger partial charge is 0.127 e.